The smallest absolute Gasteiger partial charge is 0.254 e. The minimum absolute atomic E-state index is 0.119. The fourth-order valence-electron chi connectivity index (χ4n) is 5.53. The molecule has 3 atom stereocenters. The highest BCUT2D eigenvalue weighted by atomic mass is 32.2. The average Bonchev–Trinajstić information content (AvgIpc) is 3.51. The average molecular weight is 486 g/mol. The van der Waals surface area contributed by atoms with Gasteiger partial charge in [-0.3, -0.25) is 19.4 Å². The second-order valence-electron chi connectivity index (χ2n) is 8.21. The maximum absolute atomic E-state index is 14.3. The summed E-state index contributed by atoms with van der Waals surface area (Å²) in [5.41, 5.74) is 0.368. The van der Waals surface area contributed by atoms with E-state index in [2.05, 4.69) is 6.58 Å². The molecule has 3 aliphatic heterocycles. The zero-order valence-electron chi connectivity index (χ0n) is 18.0. The topological polar surface area (TPSA) is 53.1 Å². The first-order chi connectivity index (χ1) is 15.3. The van der Waals surface area contributed by atoms with Gasteiger partial charge in [0, 0.05) is 42.2 Å². The number of amides is 2. The summed E-state index contributed by atoms with van der Waals surface area (Å²) in [4.78, 5) is 34.9. The Labute approximate surface area is 200 Å². The van der Waals surface area contributed by atoms with Gasteiger partial charge in [0.2, 0.25) is 5.91 Å². The van der Waals surface area contributed by atoms with Gasteiger partial charge in [0.05, 0.1) is 7.11 Å². The molecule has 0 radical (unpaired) electrons. The maximum atomic E-state index is 14.3. The Morgan fingerprint density at radius 2 is 2.06 bits per heavy atom. The number of carbonyl (C=O) groups is 2. The van der Waals surface area contributed by atoms with E-state index in [9.17, 15) is 9.59 Å². The molecule has 32 heavy (non-hydrogen) atoms. The molecule has 0 N–H and O–H groups in total. The van der Waals surface area contributed by atoms with Crippen LogP contribution >= 0.6 is 35.3 Å². The van der Waals surface area contributed by atoms with Crippen molar-refractivity contribution < 1.29 is 14.3 Å². The molecular weight excluding hydrogens is 462 g/mol. The van der Waals surface area contributed by atoms with Crippen LogP contribution in [-0.2, 0) is 15.1 Å². The van der Waals surface area contributed by atoms with Crippen LogP contribution in [0.3, 0.4) is 0 Å². The van der Waals surface area contributed by atoms with Gasteiger partial charge in [-0.15, -0.1) is 17.9 Å². The first-order valence-corrected chi connectivity index (χ1v) is 12.3. The maximum Gasteiger partial charge on any atom is 0.254 e. The molecule has 1 aromatic heterocycles. The van der Waals surface area contributed by atoms with Crippen LogP contribution in [0.1, 0.15) is 16.4 Å². The van der Waals surface area contributed by atoms with Gasteiger partial charge in [-0.25, -0.2) is 0 Å². The summed E-state index contributed by atoms with van der Waals surface area (Å²) in [6.45, 7) is 4.68. The summed E-state index contributed by atoms with van der Waals surface area (Å²) in [6.07, 6.45) is 1.68. The third-order valence-electron chi connectivity index (χ3n) is 6.86. The number of likely N-dealkylation sites (tertiary alicyclic amines) is 1. The lowest BCUT2D eigenvalue weighted by atomic mass is 9.73. The van der Waals surface area contributed by atoms with E-state index >= 15 is 0 Å². The third-order valence-corrected chi connectivity index (χ3v) is 9.78. The molecule has 2 spiro atoms. The number of hydrogen-bond donors (Lipinski definition) is 0. The summed E-state index contributed by atoms with van der Waals surface area (Å²) in [6, 6.07) is 9.68. The van der Waals surface area contributed by atoms with Gasteiger partial charge in [-0.2, -0.15) is 0 Å². The number of nitrogens with zero attached hydrogens (tertiary/aromatic N) is 3. The Kier molecular flexibility index (Phi) is 5.01. The predicted octanol–water partition coefficient (Wildman–Crippen LogP) is 3.44. The highest BCUT2D eigenvalue weighted by Gasteiger charge is 2.78. The van der Waals surface area contributed by atoms with Crippen molar-refractivity contribution in [3.05, 3.63) is 58.8 Å². The minimum Gasteiger partial charge on any atom is -0.497 e. The molecule has 0 saturated carbocycles. The first kappa shape index (κ1) is 21.6. The summed E-state index contributed by atoms with van der Waals surface area (Å²) < 4.78 is 4.87. The molecule has 0 unspecified atom stereocenters. The molecule has 2 amide bonds. The zero-order valence-corrected chi connectivity index (χ0v) is 20.5. The molecule has 2 saturated heterocycles. The second kappa shape index (κ2) is 7.41. The second-order valence-corrected chi connectivity index (χ2v) is 11.1. The summed E-state index contributed by atoms with van der Waals surface area (Å²) in [7, 11) is 5.31. The van der Waals surface area contributed by atoms with E-state index in [0.717, 1.165) is 16.1 Å². The largest absolute Gasteiger partial charge is 0.497 e. The van der Waals surface area contributed by atoms with Crippen LogP contribution in [0.4, 0.5) is 5.69 Å². The van der Waals surface area contributed by atoms with Crippen LogP contribution in [0.5, 0.6) is 5.75 Å². The highest BCUT2D eigenvalue weighted by molar-refractivity contribution is 8.25. The Morgan fingerprint density at radius 3 is 2.72 bits per heavy atom. The molecule has 166 valence electrons. The Hall–Kier alpha value is -2.20. The molecule has 4 heterocycles. The number of methoxy groups -OCH3 is 1. The molecule has 3 aliphatic rings. The molecule has 5 rings (SSSR count). The van der Waals surface area contributed by atoms with Gasteiger partial charge >= 0.3 is 0 Å². The van der Waals surface area contributed by atoms with Crippen LogP contribution < -0.4 is 9.64 Å². The number of thiophene rings is 1. The Balaban J connectivity index is 1.84. The van der Waals surface area contributed by atoms with Gasteiger partial charge < -0.3 is 9.64 Å². The molecule has 0 bridgehead atoms. The van der Waals surface area contributed by atoms with Crippen molar-refractivity contribution in [2.24, 2.45) is 0 Å². The zero-order chi connectivity index (χ0) is 22.8. The molecule has 0 aliphatic carbocycles. The van der Waals surface area contributed by atoms with Gasteiger partial charge in [0.15, 0.2) is 5.54 Å². The summed E-state index contributed by atoms with van der Waals surface area (Å²) in [5.74, 6) is 0.196. The lowest BCUT2D eigenvalue weighted by molar-refractivity contribution is -0.138. The monoisotopic (exact) mass is 485 g/mol. The number of anilines is 1. The van der Waals surface area contributed by atoms with Crippen LogP contribution in [-0.4, -0.2) is 65.0 Å². The Bertz CT molecular complexity index is 1150. The normalized spacial score (nSPS) is 29.6. The van der Waals surface area contributed by atoms with Crippen molar-refractivity contribution in [3.8, 4) is 5.75 Å². The van der Waals surface area contributed by atoms with E-state index in [4.69, 9.17) is 17.0 Å². The van der Waals surface area contributed by atoms with E-state index in [1.54, 1.807) is 41.4 Å². The van der Waals surface area contributed by atoms with Crippen LogP contribution in [0.2, 0.25) is 0 Å². The van der Waals surface area contributed by atoms with Crippen molar-refractivity contribution in [1.82, 2.24) is 9.80 Å². The highest BCUT2D eigenvalue weighted by Crippen LogP contribution is 2.67. The summed E-state index contributed by atoms with van der Waals surface area (Å²) in [5, 5.41) is 2.01. The van der Waals surface area contributed by atoms with Gasteiger partial charge in [0.1, 0.15) is 14.8 Å². The van der Waals surface area contributed by atoms with Crippen molar-refractivity contribution >= 4 is 57.1 Å². The fourth-order valence-corrected chi connectivity index (χ4v) is 8.63. The molecule has 9 heteroatoms. The number of likely N-dealkylation sites (N-methyl/N-ethyl adjacent to an activating group) is 2. The van der Waals surface area contributed by atoms with E-state index in [1.165, 1.54) is 11.8 Å². The van der Waals surface area contributed by atoms with Crippen LogP contribution in [0.15, 0.2) is 48.4 Å². The van der Waals surface area contributed by atoms with Crippen molar-refractivity contribution in [1.29, 1.82) is 0 Å². The van der Waals surface area contributed by atoms with E-state index in [1.807, 2.05) is 47.7 Å². The number of benzene rings is 1. The van der Waals surface area contributed by atoms with E-state index in [0.29, 0.717) is 23.2 Å². The number of ether oxygens (including phenoxy) is 1. The van der Waals surface area contributed by atoms with Gasteiger partial charge in [-0.1, -0.05) is 36.1 Å². The lowest BCUT2D eigenvalue weighted by Gasteiger charge is -2.42. The fraction of sp³-hybridized carbons (Fsp3) is 0.348. The summed E-state index contributed by atoms with van der Waals surface area (Å²) >= 11 is 8.67. The van der Waals surface area contributed by atoms with Crippen LogP contribution in [0, 0.1) is 0 Å². The molecule has 6 nitrogen and oxygen atoms in total. The molecule has 1 aromatic carbocycles. The first-order valence-electron chi connectivity index (χ1n) is 10.2. The molecule has 2 aromatic rings. The number of fused-ring (bicyclic) bond motifs is 3. The lowest BCUT2D eigenvalue weighted by Crippen LogP contribution is -2.62. The van der Waals surface area contributed by atoms with Crippen molar-refractivity contribution in [2.75, 3.05) is 39.2 Å². The molecule has 2 fully saturated rings. The van der Waals surface area contributed by atoms with Gasteiger partial charge in [-0.05, 0) is 36.7 Å². The Morgan fingerprint density at radius 1 is 1.28 bits per heavy atom. The number of thioether (sulfide) groups is 1. The SMILES string of the molecule is C=CCN1C(=O)[C@]2(SC1=S)[C@H](c1cccs1)CN(C)[C@]21C(=O)N(C)c2ccc(OC)cc21. The van der Waals surface area contributed by atoms with Gasteiger partial charge in [0.25, 0.3) is 5.91 Å². The van der Waals surface area contributed by atoms with Crippen molar-refractivity contribution in [2.45, 2.75) is 16.2 Å². The van der Waals surface area contributed by atoms with E-state index < -0.39 is 10.3 Å². The number of carbonyl (C=O) groups excluding carboxylic acids is 2. The van der Waals surface area contributed by atoms with E-state index in [-0.39, 0.29) is 17.7 Å². The van der Waals surface area contributed by atoms with Crippen molar-refractivity contribution in [3.63, 3.8) is 0 Å². The third kappa shape index (κ3) is 2.42. The molecular formula is C23H23N3O3S3. The standard InChI is InChI=1S/C23H23N3O3S3/c1-5-10-26-20(28)23(32-21(26)30)16(18-7-6-11-31-18)13-24(2)22(23)15-12-14(29-4)8-9-17(15)25(3)19(22)27/h5-9,11-12,16H,1,10,13H2,2-4H3/t16-,22+,23+/m0/s1. The number of thiocarbonyl (C=S) groups is 1. The quantitative estimate of drug-likeness (QED) is 0.489. The minimum atomic E-state index is -1.21. The predicted molar refractivity (Wildman–Crippen MR) is 133 cm³/mol. The number of rotatable bonds is 4. The van der Waals surface area contributed by atoms with Crippen LogP contribution in [0.25, 0.3) is 0 Å². The number of hydrogen-bond acceptors (Lipinski definition) is 7.